The molecule has 0 spiro atoms. The number of rotatable bonds is 3. The van der Waals surface area contributed by atoms with Gasteiger partial charge in [0.2, 0.25) is 0 Å². The number of furan rings is 1. The van der Waals surface area contributed by atoms with Crippen molar-refractivity contribution in [3.05, 3.63) is 64.9 Å². The molecule has 0 aliphatic heterocycles. The normalized spacial score (nSPS) is 12.0. The summed E-state index contributed by atoms with van der Waals surface area (Å²) in [7, 11) is 0. The predicted molar refractivity (Wildman–Crippen MR) is 89.1 cm³/mol. The molecule has 0 radical (unpaired) electrons. The molecule has 5 nitrogen and oxygen atoms in total. The lowest BCUT2D eigenvalue weighted by molar-refractivity contribution is -0.137. The Balaban J connectivity index is 1.83. The summed E-state index contributed by atoms with van der Waals surface area (Å²) in [5.41, 5.74) is 1.82. The number of fused-ring (bicyclic) bond motifs is 1. The molecule has 3 aromatic rings. The van der Waals surface area contributed by atoms with E-state index in [1.54, 1.807) is 19.1 Å². The van der Waals surface area contributed by atoms with E-state index in [-0.39, 0.29) is 17.1 Å². The number of benzene rings is 2. The predicted octanol–water partition coefficient (Wildman–Crippen LogP) is 4.23. The highest BCUT2D eigenvalue weighted by molar-refractivity contribution is 6.00. The van der Waals surface area contributed by atoms with Gasteiger partial charge >= 0.3 is 12.1 Å². The molecule has 0 saturated carbocycles. The lowest BCUT2D eigenvalue weighted by Gasteiger charge is -2.09. The number of carbonyl (C=O) groups is 1. The molecule has 1 heterocycles. The molecule has 0 fully saturated rings. The van der Waals surface area contributed by atoms with Crippen molar-refractivity contribution < 1.29 is 27.5 Å². The topological polar surface area (TPSA) is 74.8 Å². The highest BCUT2D eigenvalue weighted by Crippen LogP contribution is 2.32. The fraction of sp³-hybridized carbons (Fsp3) is 0.111. The van der Waals surface area contributed by atoms with Gasteiger partial charge in [0.05, 0.1) is 17.2 Å². The number of phenols is 1. The van der Waals surface area contributed by atoms with E-state index >= 15 is 0 Å². The number of aromatic hydroxyl groups is 1. The maximum absolute atomic E-state index is 12.9. The summed E-state index contributed by atoms with van der Waals surface area (Å²) in [5.74, 6) is -0.855. The summed E-state index contributed by atoms with van der Waals surface area (Å²) in [5, 5.41) is 13.8. The average molecular weight is 362 g/mol. The van der Waals surface area contributed by atoms with Crippen molar-refractivity contribution in [2.75, 3.05) is 0 Å². The van der Waals surface area contributed by atoms with E-state index in [4.69, 9.17) is 4.42 Å². The molecule has 134 valence electrons. The minimum atomic E-state index is -4.53. The van der Waals surface area contributed by atoms with Crippen LogP contribution in [0.2, 0.25) is 0 Å². The van der Waals surface area contributed by atoms with Crippen LogP contribution in [0.15, 0.2) is 52.0 Å². The number of aryl methyl sites for hydroxylation is 1. The molecule has 0 unspecified atom stereocenters. The van der Waals surface area contributed by atoms with Crippen LogP contribution in [0.1, 0.15) is 27.2 Å². The minimum absolute atomic E-state index is 0.0367. The van der Waals surface area contributed by atoms with Gasteiger partial charge in [0.1, 0.15) is 11.3 Å². The van der Waals surface area contributed by atoms with E-state index in [1.165, 1.54) is 24.3 Å². The Labute approximate surface area is 145 Å². The van der Waals surface area contributed by atoms with Gasteiger partial charge in [-0.15, -0.1) is 0 Å². The lowest BCUT2D eigenvalue weighted by atomic mass is 10.1. The number of hydrazone groups is 1. The molecule has 1 aromatic heterocycles. The third kappa shape index (κ3) is 3.26. The third-order valence-electron chi connectivity index (χ3n) is 3.77. The van der Waals surface area contributed by atoms with E-state index in [2.05, 4.69) is 10.5 Å². The number of alkyl halides is 3. The summed E-state index contributed by atoms with van der Waals surface area (Å²) in [6.07, 6.45) is -3.62. The van der Waals surface area contributed by atoms with Gasteiger partial charge in [0, 0.05) is 11.1 Å². The van der Waals surface area contributed by atoms with Gasteiger partial charge in [0.25, 0.3) is 0 Å². The van der Waals surface area contributed by atoms with Crippen molar-refractivity contribution in [1.82, 2.24) is 5.43 Å². The Morgan fingerprint density at radius 1 is 1.19 bits per heavy atom. The summed E-state index contributed by atoms with van der Waals surface area (Å²) in [4.78, 5) is 12.2. The van der Waals surface area contributed by atoms with Crippen LogP contribution >= 0.6 is 0 Å². The molecule has 3 rings (SSSR count). The Morgan fingerprint density at radius 2 is 1.92 bits per heavy atom. The summed E-state index contributed by atoms with van der Waals surface area (Å²) in [6, 6.07) is 9.47. The van der Waals surface area contributed by atoms with Crippen LogP contribution in [-0.4, -0.2) is 17.2 Å². The Morgan fingerprint density at radius 3 is 2.62 bits per heavy atom. The first-order valence-electron chi connectivity index (χ1n) is 7.49. The van der Waals surface area contributed by atoms with Gasteiger partial charge in [-0.3, -0.25) is 4.79 Å². The van der Waals surface area contributed by atoms with Crippen molar-refractivity contribution in [2.24, 2.45) is 5.10 Å². The first-order chi connectivity index (χ1) is 12.3. The molecule has 8 heteroatoms. The maximum Gasteiger partial charge on any atom is 0.417 e. The third-order valence-corrected chi connectivity index (χ3v) is 3.77. The molecule has 1 amide bonds. The maximum atomic E-state index is 12.9. The Bertz CT molecular complexity index is 1010. The standard InChI is InChI=1S/C18H13F3N2O3/c1-10-15-13(24)7-4-8-14(15)26-16(10)17(25)23-22-9-11-5-2-3-6-12(11)18(19,20)21/h2-9,24H,1H3,(H,23,25)/b22-9+. The van der Waals surface area contributed by atoms with Crippen LogP contribution in [0.5, 0.6) is 5.75 Å². The summed E-state index contributed by atoms with van der Waals surface area (Å²) in [6.45, 7) is 1.59. The second-order valence-electron chi connectivity index (χ2n) is 5.49. The van der Waals surface area contributed by atoms with Gasteiger partial charge < -0.3 is 9.52 Å². The van der Waals surface area contributed by atoms with Gasteiger partial charge in [-0.25, -0.2) is 5.43 Å². The van der Waals surface area contributed by atoms with Crippen LogP contribution in [0.4, 0.5) is 13.2 Å². The fourth-order valence-electron chi connectivity index (χ4n) is 2.58. The van der Waals surface area contributed by atoms with Crippen LogP contribution in [0, 0.1) is 6.92 Å². The summed E-state index contributed by atoms with van der Waals surface area (Å²) >= 11 is 0. The first-order valence-corrected chi connectivity index (χ1v) is 7.49. The molecule has 2 aromatic carbocycles. The quantitative estimate of drug-likeness (QED) is 0.541. The molecular weight excluding hydrogens is 349 g/mol. The number of hydrogen-bond donors (Lipinski definition) is 2. The second-order valence-corrected chi connectivity index (χ2v) is 5.49. The molecule has 0 bridgehead atoms. The van der Waals surface area contributed by atoms with Crippen molar-refractivity contribution in [1.29, 1.82) is 0 Å². The Kier molecular flexibility index (Phi) is 4.41. The SMILES string of the molecule is Cc1c(C(=O)N/N=C/c2ccccc2C(F)(F)F)oc2cccc(O)c12. The van der Waals surface area contributed by atoms with Crippen LogP contribution in [0.25, 0.3) is 11.0 Å². The van der Waals surface area contributed by atoms with Gasteiger partial charge in [-0.2, -0.15) is 18.3 Å². The molecule has 0 saturated heterocycles. The zero-order valence-electron chi connectivity index (χ0n) is 13.5. The monoisotopic (exact) mass is 362 g/mol. The number of phenolic OH excluding ortho intramolecular Hbond substituents is 1. The van der Waals surface area contributed by atoms with Crippen molar-refractivity contribution >= 4 is 23.1 Å². The zero-order chi connectivity index (χ0) is 18.9. The van der Waals surface area contributed by atoms with E-state index in [0.29, 0.717) is 16.5 Å². The van der Waals surface area contributed by atoms with E-state index < -0.39 is 17.6 Å². The first kappa shape index (κ1) is 17.5. The van der Waals surface area contributed by atoms with Gasteiger partial charge in [-0.1, -0.05) is 24.3 Å². The molecule has 0 aliphatic rings. The van der Waals surface area contributed by atoms with E-state index in [9.17, 15) is 23.1 Å². The number of halogens is 3. The smallest absolute Gasteiger partial charge is 0.417 e. The van der Waals surface area contributed by atoms with Crippen molar-refractivity contribution in [3.63, 3.8) is 0 Å². The lowest BCUT2D eigenvalue weighted by Crippen LogP contribution is -2.18. The van der Waals surface area contributed by atoms with Crippen molar-refractivity contribution in [3.8, 4) is 5.75 Å². The molecule has 0 aliphatic carbocycles. The Hall–Kier alpha value is -3.29. The molecule has 2 N–H and O–H groups in total. The van der Waals surface area contributed by atoms with Crippen LogP contribution in [0.3, 0.4) is 0 Å². The number of nitrogens with one attached hydrogen (secondary N) is 1. The zero-order valence-corrected chi connectivity index (χ0v) is 13.5. The highest BCUT2D eigenvalue weighted by atomic mass is 19.4. The number of carbonyl (C=O) groups excluding carboxylic acids is 1. The van der Waals surface area contributed by atoms with Gasteiger partial charge in [0.15, 0.2) is 5.76 Å². The number of hydrogen-bond acceptors (Lipinski definition) is 4. The highest BCUT2D eigenvalue weighted by Gasteiger charge is 2.32. The van der Waals surface area contributed by atoms with Gasteiger partial charge in [-0.05, 0) is 25.1 Å². The molecule has 26 heavy (non-hydrogen) atoms. The summed E-state index contributed by atoms with van der Waals surface area (Å²) < 4.78 is 44.2. The van der Waals surface area contributed by atoms with E-state index in [1.807, 2.05) is 0 Å². The molecular formula is C18H13F3N2O3. The second kappa shape index (κ2) is 6.55. The average Bonchev–Trinajstić information content (AvgIpc) is 2.92. The number of amides is 1. The fourth-order valence-corrected chi connectivity index (χ4v) is 2.58. The largest absolute Gasteiger partial charge is 0.507 e. The minimum Gasteiger partial charge on any atom is -0.507 e. The van der Waals surface area contributed by atoms with Crippen molar-refractivity contribution in [2.45, 2.75) is 13.1 Å². The van der Waals surface area contributed by atoms with E-state index in [0.717, 1.165) is 12.3 Å². The van der Waals surface area contributed by atoms with Crippen LogP contribution in [-0.2, 0) is 6.18 Å². The number of nitrogens with zero attached hydrogens (tertiary/aromatic N) is 1. The van der Waals surface area contributed by atoms with Crippen LogP contribution < -0.4 is 5.43 Å². The molecule has 0 atom stereocenters.